The predicted molar refractivity (Wildman–Crippen MR) is 162 cm³/mol. The molecule has 0 saturated carbocycles. The third-order valence-electron chi connectivity index (χ3n) is 7.50. The van der Waals surface area contributed by atoms with Gasteiger partial charge in [0.15, 0.2) is 11.4 Å². The van der Waals surface area contributed by atoms with Crippen LogP contribution in [0.25, 0.3) is 0 Å². The van der Waals surface area contributed by atoms with Gasteiger partial charge >= 0.3 is 0 Å². The van der Waals surface area contributed by atoms with Gasteiger partial charge in [0.25, 0.3) is 11.8 Å². The van der Waals surface area contributed by atoms with E-state index in [0.29, 0.717) is 25.0 Å². The molecule has 0 fully saturated rings. The number of carbonyl (C=O) groups is 3. The van der Waals surface area contributed by atoms with Gasteiger partial charge in [-0.25, -0.2) is 14.1 Å². The summed E-state index contributed by atoms with van der Waals surface area (Å²) in [5, 5.41) is 4.06. The third kappa shape index (κ3) is 6.99. The van der Waals surface area contributed by atoms with E-state index in [1.807, 2.05) is 36.4 Å². The van der Waals surface area contributed by atoms with E-state index in [9.17, 15) is 23.6 Å². The number of pyridine rings is 1. The van der Waals surface area contributed by atoms with Crippen molar-refractivity contribution in [1.29, 1.82) is 0 Å². The lowest BCUT2D eigenvalue weighted by atomic mass is 10.1. The summed E-state index contributed by atoms with van der Waals surface area (Å²) in [6.45, 7) is 0.160. The van der Waals surface area contributed by atoms with Crippen LogP contribution in [0.4, 0.5) is 4.39 Å². The van der Waals surface area contributed by atoms with Crippen LogP contribution in [0.2, 0.25) is 0 Å². The van der Waals surface area contributed by atoms with Crippen molar-refractivity contribution in [3.8, 4) is 11.5 Å². The maximum absolute atomic E-state index is 14.0. The first kappa shape index (κ1) is 30.5. The summed E-state index contributed by atoms with van der Waals surface area (Å²) in [6.07, 6.45) is 9.32. The summed E-state index contributed by atoms with van der Waals surface area (Å²) in [4.78, 5) is 55.6. The molecule has 44 heavy (non-hydrogen) atoms. The van der Waals surface area contributed by atoms with E-state index in [2.05, 4.69) is 11.4 Å². The third-order valence-corrected chi connectivity index (χ3v) is 7.50. The van der Waals surface area contributed by atoms with Gasteiger partial charge in [0.1, 0.15) is 30.4 Å². The zero-order valence-electron chi connectivity index (χ0n) is 24.6. The molecule has 0 aliphatic carbocycles. The Labute approximate surface area is 254 Å². The fourth-order valence-corrected chi connectivity index (χ4v) is 5.10. The highest BCUT2D eigenvalue weighted by Gasteiger charge is 2.36. The van der Waals surface area contributed by atoms with E-state index >= 15 is 0 Å². The Bertz CT molecular complexity index is 1620. The maximum Gasteiger partial charge on any atom is 0.277 e. The fraction of sp³-hybridized carbons (Fsp3) is 0.333. The molecule has 2 aliphatic heterocycles. The molecule has 230 valence electrons. The Morgan fingerprint density at radius 1 is 0.977 bits per heavy atom. The monoisotopic (exact) mass is 602 g/mol. The molecule has 0 atom stereocenters. The number of rotatable bonds is 3. The molecular weight excluding hydrogens is 567 g/mol. The molecule has 3 heterocycles. The molecule has 3 amide bonds. The van der Waals surface area contributed by atoms with Gasteiger partial charge in [-0.3, -0.25) is 19.2 Å². The van der Waals surface area contributed by atoms with Gasteiger partial charge in [-0.2, -0.15) is 0 Å². The number of hydrogen-bond acceptors (Lipinski definition) is 6. The van der Waals surface area contributed by atoms with Crippen molar-refractivity contribution in [2.45, 2.75) is 51.7 Å². The second-order valence-corrected chi connectivity index (χ2v) is 10.7. The van der Waals surface area contributed by atoms with Crippen molar-refractivity contribution in [3.63, 3.8) is 0 Å². The van der Waals surface area contributed by atoms with Gasteiger partial charge in [-0.05, 0) is 37.3 Å². The highest BCUT2D eigenvalue weighted by Crippen LogP contribution is 2.25. The van der Waals surface area contributed by atoms with E-state index in [1.165, 1.54) is 46.0 Å². The quantitative estimate of drug-likeness (QED) is 0.448. The number of hydrogen-bond donors (Lipinski definition) is 1. The molecule has 1 aromatic heterocycles. The molecule has 2 aliphatic rings. The minimum Gasteiger partial charge on any atom is -0.493 e. The predicted octanol–water partition coefficient (Wildman–Crippen LogP) is 4.29. The number of halogens is 1. The summed E-state index contributed by atoms with van der Waals surface area (Å²) in [7, 11) is 1.54. The lowest BCUT2D eigenvalue weighted by Gasteiger charge is -2.37. The second-order valence-electron chi connectivity index (χ2n) is 10.7. The minimum atomic E-state index is -0.787. The van der Waals surface area contributed by atoms with Crippen LogP contribution in [-0.4, -0.2) is 47.6 Å². The summed E-state index contributed by atoms with van der Waals surface area (Å²) in [5.74, 6) is -2.04. The van der Waals surface area contributed by atoms with Crippen LogP contribution in [0.5, 0.6) is 11.5 Å². The number of nitrogens with one attached hydrogen (secondary N) is 1. The largest absolute Gasteiger partial charge is 0.493 e. The highest BCUT2D eigenvalue weighted by atomic mass is 19.1. The van der Waals surface area contributed by atoms with Gasteiger partial charge in [0.2, 0.25) is 11.3 Å². The van der Waals surface area contributed by atoms with Gasteiger partial charge in [-0.15, -0.1) is 0 Å². The average molecular weight is 603 g/mol. The van der Waals surface area contributed by atoms with Crippen LogP contribution >= 0.6 is 0 Å². The first-order chi connectivity index (χ1) is 21.3. The number of allylic oxidation sites excluding steroid dienone is 1. The number of carbonyl (C=O) groups excluding carboxylic acids is 3. The van der Waals surface area contributed by atoms with Gasteiger partial charge in [-0.1, -0.05) is 55.0 Å². The van der Waals surface area contributed by atoms with E-state index in [4.69, 9.17) is 9.47 Å². The molecule has 0 spiro atoms. The average Bonchev–Trinajstić information content (AvgIpc) is 3.02. The lowest BCUT2D eigenvalue weighted by Crippen LogP contribution is -2.55. The van der Waals surface area contributed by atoms with Crippen LogP contribution in [0, 0.1) is 5.82 Å². The first-order valence-corrected chi connectivity index (χ1v) is 14.7. The second kappa shape index (κ2) is 14.0. The number of ether oxygens (including phenoxy) is 2. The number of benzene rings is 2. The van der Waals surface area contributed by atoms with E-state index in [1.54, 1.807) is 0 Å². The van der Waals surface area contributed by atoms with Crippen molar-refractivity contribution in [2.24, 2.45) is 0 Å². The Morgan fingerprint density at radius 3 is 2.59 bits per heavy atom. The van der Waals surface area contributed by atoms with Gasteiger partial charge in [0, 0.05) is 37.8 Å². The molecule has 10 nitrogen and oxygen atoms in total. The molecule has 3 aromatic rings. The van der Waals surface area contributed by atoms with Crippen molar-refractivity contribution in [1.82, 2.24) is 14.9 Å². The van der Waals surface area contributed by atoms with Crippen molar-refractivity contribution < 1.29 is 28.2 Å². The highest BCUT2D eigenvalue weighted by molar-refractivity contribution is 6.01. The van der Waals surface area contributed by atoms with Gasteiger partial charge < -0.3 is 19.7 Å². The van der Waals surface area contributed by atoms with Crippen LogP contribution < -0.4 is 25.2 Å². The smallest absolute Gasteiger partial charge is 0.277 e. The Hall–Kier alpha value is -4.93. The van der Waals surface area contributed by atoms with Crippen molar-refractivity contribution in [2.75, 3.05) is 25.3 Å². The van der Waals surface area contributed by atoms with Crippen LogP contribution in [0.1, 0.15) is 70.5 Å². The molecule has 2 aromatic carbocycles. The maximum atomic E-state index is 14.0. The number of aromatic nitrogens is 1. The standard InChI is InChI=1S/C33H35FN4O6/c1-36-22-38-28(39)14-10-5-3-2-4-6-11-17-43-27-18-25(34)16-15-24(27)19-35-32(41)26-20-37(38)29(33(36)42)31(30(26)40)44-21-23-12-8-7-9-13-23/h4,6-9,12-13,15-16,18,20H,2-3,5,10-11,14,17,19,21-22H2,1H3,(H,35,41)/b6-4+. The summed E-state index contributed by atoms with van der Waals surface area (Å²) in [6, 6.07) is 13.1. The molecule has 5 rings (SSSR count). The zero-order chi connectivity index (χ0) is 31.1. The molecule has 0 unspecified atom stereocenters. The Kier molecular flexibility index (Phi) is 9.73. The molecule has 1 N–H and O–H groups in total. The fourth-order valence-electron chi connectivity index (χ4n) is 5.10. The van der Waals surface area contributed by atoms with E-state index < -0.39 is 23.1 Å². The van der Waals surface area contributed by atoms with Crippen LogP contribution in [-0.2, 0) is 17.9 Å². The zero-order valence-corrected chi connectivity index (χ0v) is 24.6. The molecule has 2 bridgehead atoms. The molecule has 0 saturated heterocycles. The molecule has 0 radical (unpaired) electrons. The van der Waals surface area contributed by atoms with E-state index in [-0.39, 0.29) is 54.9 Å². The summed E-state index contributed by atoms with van der Waals surface area (Å²) < 4.78 is 27.1. The number of fused-ring (bicyclic) bond motifs is 2. The molecular formula is C33H35FN4O6. The van der Waals surface area contributed by atoms with Crippen molar-refractivity contribution in [3.05, 3.63) is 105 Å². The first-order valence-electron chi connectivity index (χ1n) is 14.7. The summed E-state index contributed by atoms with van der Waals surface area (Å²) in [5.41, 5.74) is 0.0367. The number of amides is 3. The topological polar surface area (TPSA) is 110 Å². The minimum absolute atomic E-state index is 0.0379. The van der Waals surface area contributed by atoms with E-state index in [0.717, 1.165) is 24.8 Å². The number of nitrogens with zero attached hydrogens (tertiary/aromatic N) is 3. The normalized spacial score (nSPS) is 17.3. The van der Waals surface area contributed by atoms with Crippen LogP contribution in [0.3, 0.4) is 0 Å². The Morgan fingerprint density at radius 2 is 1.77 bits per heavy atom. The van der Waals surface area contributed by atoms with Crippen LogP contribution in [0.15, 0.2) is 71.7 Å². The Balaban J connectivity index is 1.55. The van der Waals surface area contributed by atoms with Gasteiger partial charge in [0.05, 0.1) is 6.61 Å². The molecule has 11 heteroatoms. The van der Waals surface area contributed by atoms with Crippen molar-refractivity contribution >= 4 is 17.7 Å². The lowest BCUT2D eigenvalue weighted by molar-refractivity contribution is -0.120. The summed E-state index contributed by atoms with van der Waals surface area (Å²) >= 11 is 0. The SMILES string of the molecule is CN1CN2C(=O)CCCCC/C=C/CCOc3cc(F)ccc3CNC(=O)c3cn2c(c(OCc2ccccc2)c3=O)C1=O.